The molecule has 0 aromatic heterocycles. The first kappa shape index (κ1) is 14.7. The molecule has 2 heteroatoms. The number of hydrogen-bond donors (Lipinski definition) is 2. The molecule has 0 saturated heterocycles. The molecular formula is C15H29NO. The molecule has 0 heterocycles. The van der Waals surface area contributed by atoms with Gasteiger partial charge in [-0.15, -0.1) is 6.58 Å². The number of aliphatic hydroxyl groups is 1. The highest BCUT2D eigenvalue weighted by Crippen LogP contribution is 2.33. The monoisotopic (exact) mass is 239 g/mol. The van der Waals surface area contributed by atoms with Crippen LogP contribution >= 0.6 is 0 Å². The zero-order valence-electron chi connectivity index (χ0n) is 11.5. The van der Waals surface area contributed by atoms with Crippen molar-refractivity contribution in [2.75, 3.05) is 6.54 Å². The highest BCUT2D eigenvalue weighted by Gasteiger charge is 2.32. The van der Waals surface area contributed by atoms with E-state index in [4.69, 9.17) is 0 Å². The normalized spacial score (nSPS) is 31.1. The number of hydrogen-bond acceptors (Lipinski definition) is 2. The van der Waals surface area contributed by atoms with Crippen molar-refractivity contribution in [2.24, 2.45) is 5.92 Å². The summed E-state index contributed by atoms with van der Waals surface area (Å²) in [4.78, 5) is 0. The quantitative estimate of drug-likeness (QED) is 0.668. The van der Waals surface area contributed by atoms with Gasteiger partial charge in [0.1, 0.15) is 0 Å². The lowest BCUT2D eigenvalue weighted by molar-refractivity contribution is -0.0104. The average molecular weight is 239 g/mol. The van der Waals surface area contributed by atoms with Gasteiger partial charge in [-0.05, 0) is 51.4 Å². The second kappa shape index (κ2) is 7.17. The first-order chi connectivity index (χ1) is 8.09. The Morgan fingerprint density at radius 2 is 2.12 bits per heavy atom. The fourth-order valence-electron chi connectivity index (χ4n) is 2.63. The summed E-state index contributed by atoms with van der Waals surface area (Å²) in [6, 6.07) is 0.473. The zero-order chi connectivity index (χ0) is 12.7. The van der Waals surface area contributed by atoms with Crippen LogP contribution in [0, 0.1) is 5.92 Å². The van der Waals surface area contributed by atoms with Gasteiger partial charge in [-0.3, -0.25) is 0 Å². The SMILES string of the molecule is C=CCCC(C)NCC1(O)CCC(CC)CC1. The first-order valence-corrected chi connectivity index (χ1v) is 7.16. The molecule has 100 valence electrons. The van der Waals surface area contributed by atoms with Crippen LogP contribution in [0.3, 0.4) is 0 Å². The maximum absolute atomic E-state index is 10.5. The van der Waals surface area contributed by atoms with Crippen molar-refractivity contribution in [3.63, 3.8) is 0 Å². The second-order valence-electron chi connectivity index (χ2n) is 5.72. The molecular weight excluding hydrogens is 210 g/mol. The number of allylic oxidation sites excluding steroid dienone is 1. The molecule has 0 aromatic carbocycles. The maximum atomic E-state index is 10.5. The molecule has 0 bridgehead atoms. The molecule has 1 rings (SSSR count). The van der Waals surface area contributed by atoms with E-state index < -0.39 is 5.60 Å². The molecule has 1 aliphatic rings. The summed E-state index contributed by atoms with van der Waals surface area (Å²) in [5.74, 6) is 0.841. The minimum atomic E-state index is -0.450. The minimum absolute atomic E-state index is 0.450. The molecule has 0 amide bonds. The van der Waals surface area contributed by atoms with Gasteiger partial charge in [0.05, 0.1) is 5.60 Å². The molecule has 1 atom stereocenters. The summed E-state index contributed by atoms with van der Waals surface area (Å²) in [5.41, 5.74) is -0.450. The highest BCUT2D eigenvalue weighted by molar-refractivity contribution is 4.88. The van der Waals surface area contributed by atoms with E-state index in [1.807, 2.05) is 6.08 Å². The predicted molar refractivity (Wildman–Crippen MR) is 74.1 cm³/mol. The Balaban J connectivity index is 2.23. The van der Waals surface area contributed by atoms with Crippen molar-refractivity contribution < 1.29 is 5.11 Å². The van der Waals surface area contributed by atoms with E-state index >= 15 is 0 Å². The smallest absolute Gasteiger partial charge is 0.0771 e. The van der Waals surface area contributed by atoms with Crippen LogP contribution in [0.15, 0.2) is 12.7 Å². The Hall–Kier alpha value is -0.340. The van der Waals surface area contributed by atoms with Gasteiger partial charge in [0, 0.05) is 12.6 Å². The summed E-state index contributed by atoms with van der Waals surface area (Å²) < 4.78 is 0. The first-order valence-electron chi connectivity index (χ1n) is 7.16. The van der Waals surface area contributed by atoms with Crippen molar-refractivity contribution in [3.8, 4) is 0 Å². The lowest BCUT2D eigenvalue weighted by Gasteiger charge is -2.36. The summed E-state index contributed by atoms with van der Waals surface area (Å²) in [5, 5.41) is 13.9. The van der Waals surface area contributed by atoms with E-state index in [1.165, 1.54) is 19.3 Å². The van der Waals surface area contributed by atoms with Gasteiger partial charge in [0.25, 0.3) is 0 Å². The predicted octanol–water partition coefficient (Wildman–Crippen LogP) is 3.26. The van der Waals surface area contributed by atoms with Gasteiger partial charge in [-0.25, -0.2) is 0 Å². The Bertz CT molecular complexity index is 219. The summed E-state index contributed by atoms with van der Waals surface area (Å²) in [6.45, 7) is 8.93. The van der Waals surface area contributed by atoms with Gasteiger partial charge in [0.2, 0.25) is 0 Å². The highest BCUT2D eigenvalue weighted by atomic mass is 16.3. The molecule has 2 N–H and O–H groups in total. The Morgan fingerprint density at radius 1 is 1.47 bits per heavy atom. The standard InChI is InChI=1S/C15H29NO/c1-4-6-7-13(3)16-12-15(17)10-8-14(5-2)9-11-15/h4,13-14,16-17H,1,5-12H2,2-3H3. The lowest BCUT2D eigenvalue weighted by Crippen LogP contribution is -2.46. The van der Waals surface area contributed by atoms with E-state index in [9.17, 15) is 5.11 Å². The molecule has 1 unspecified atom stereocenters. The molecule has 1 fully saturated rings. The summed E-state index contributed by atoms with van der Waals surface area (Å²) >= 11 is 0. The molecule has 1 aliphatic carbocycles. The Labute approximate surface area is 106 Å². The van der Waals surface area contributed by atoms with E-state index in [-0.39, 0.29) is 0 Å². The third-order valence-corrected chi connectivity index (χ3v) is 4.20. The summed E-state index contributed by atoms with van der Waals surface area (Å²) in [6.07, 6.45) is 9.69. The van der Waals surface area contributed by atoms with Crippen LogP contribution in [-0.2, 0) is 0 Å². The number of nitrogens with one attached hydrogen (secondary N) is 1. The largest absolute Gasteiger partial charge is 0.389 e. The van der Waals surface area contributed by atoms with Crippen molar-refractivity contribution in [2.45, 2.75) is 70.4 Å². The fourth-order valence-corrected chi connectivity index (χ4v) is 2.63. The number of rotatable bonds is 7. The average Bonchev–Trinajstić information content (AvgIpc) is 2.35. The van der Waals surface area contributed by atoms with E-state index in [2.05, 4.69) is 25.7 Å². The van der Waals surface area contributed by atoms with Crippen LogP contribution in [0.5, 0.6) is 0 Å². The van der Waals surface area contributed by atoms with E-state index in [0.717, 1.165) is 38.1 Å². The van der Waals surface area contributed by atoms with Gasteiger partial charge in [0.15, 0.2) is 0 Å². The molecule has 0 radical (unpaired) electrons. The Kier molecular flexibility index (Phi) is 6.21. The molecule has 1 saturated carbocycles. The van der Waals surface area contributed by atoms with Crippen molar-refractivity contribution in [1.29, 1.82) is 0 Å². The minimum Gasteiger partial charge on any atom is -0.389 e. The molecule has 0 aromatic rings. The van der Waals surface area contributed by atoms with Crippen LogP contribution < -0.4 is 5.32 Å². The van der Waals surface area contributed by atoms with Gasteiger partial charge >= 0.3 is 0 Å². The van der Waals surface area contributed by atoms with Crippen LogP contribution in [0.2, 0.25) is 0 Å². The lowest BCUT2D eigenvalue weighted by atomic mass is 9.78. The Morgan fingerprint density at radius 3 is 2.65 bits per heavy atom. The van der Waals surface area contributed by atoms with Crippen LogP contribution in [0.1, 0.15) is 58.8 Å². The molecule has 0 aliphatic heterocycles. The molecule has 17 heavy (non-hydrogen) atoms. The van der Waals surface area contributed by atoms with Crippen molar-refractivity contribution in [1.82, 2.24) is 5.32 Å². The maximum Gasteiger partial charge on any atom is 0.0771 e. The summed E-state index contributed by atoms with van der Waals surface area (Å²) in [7, 11) is 0. The van der Waals surface area contributed by atoms with E-state index in [0.29, 0.717) is 6.04 Å². The zero-order valence-corrected chi connectivity index (χ0v) is 11.5. The van der Waals surface area contributed by atoms with E-state index in [1.54, 1.807) is 0 Å². The topological polar surface area (TPSA) is 32.3 Å². The van der Waals surface area contributed by atoms with Crippen molar-refractivity contribution in [3.05, 3.63) is 12.7 Å². The molecule has 0 spiro atoms. The fraction of sp³-hybridized carbons (Fsp3) is 0.867. The molecule has 2 nitrogen and oxygen atoms in total. The third-order valence-electron chi connectivity index (χ3n) is 4.20. The van der Waals surface area contributed by atoms with Gasteiger partial charge < -0.3 is 10.4 Å². The third kappa shape index (κ3) is 5.22. The van der Waals surface area contributed by atoms with Crippen molar-refractivity contribution >= 4 is 0 Å². The van der Waals surface area contributed by atoms with Crippen LogP contribution in [0.4, 0.5) is 0 Å². The van der Waals surface area contributed by atoms with Crippen LogP contribution in [-0.4, -0.2) is 23.3 Å². The van der Waals surface area contributed by atoms with Gasteiger partial charge in [-0.1, -0.05) is 19.4 Å². The van der Waals surface area contributed by atoms with Gasteiger partial charge in [-0.2, -0.15) is 0 Å². The van der Waals surface area contributed by atoms with Crippen LogP contribution in [0.25, 0.3) is 0 Å². The second-order valence-corrected chi connectivity index (χ2v) is 5.72.